The maximum atomic E-state index is 12.8. The lowest BCUT2D eigenvalue weighted by atomic mass is 9.90. The molecule has 0 aliphatic heterocycles. The molecule has 0 spiro atoms. The van der Waals surface area contributed by atoms with Crippen LogP contribution in [0.2, 0.25) is 10.0 Å². The highest BCUT2D eigenvalue weighted by molar-refractivity contribution is 7.09. The molecule has 178 valence electrons. The molecule has 7 nitrogen and oxygen atoms in total. The number of carbonyl (C=O) groups excluding carboxylic acids is 2. The van der Waals surface area contributed by atoms with Gasteiger partial charge in [-0.1, -0.05) is 42.1 Å². The minimum Gasteiger partial charge on any atom is -0.486 e. The molecule has 1 heterocycles. The Morgan fingerprint density at radius 1 is 1.00 bits per heavy atom. The summed E-state index contributed by atoms with van der Waals surface area (Å²) in [5.41, 5.74) is 0.949. The largest absolute Gasteiger partial charge is 0.486 e. The normalized spacial score (nSPS) is 17.6. The summed E-state index contributed by atoms with van der Waals surface area (Å²) >= 11 is 13.2. The molecule has 4 rings (SSSR count). The van der Waals surface area contributed by atoms with Gasteiger partial charge in [-0.3, -0.25) is 4.79 Å². The van der Waals surface area contributed by atoms with Gasteiger partial charge in [-0.25, -0.2) is 9.78 Å². The third-order valence-electron chi connectivity index (χ3n) is 5.44. The van der Waals surface area contributed by atoms with Gasteiger partial charge in [0.15, 0.2) is 0 Å². The lowest BCUT2D eigenvalue weighted by Gasteiger charge is -2.32. The van der Waals surface area contributed by atoms with Gasteiger partial charge in [-0.2, -0.15) is 0 Å². The SMILES string of the molecule is O=C(Nc1cccc(Cl)c1)N[C@H]1CCCC[C@@H]1NC(=O)c1csc(COc2ccc(Cl)cc2)n1. The molecule has 0 unspecified atom stereocenters. The van der Waals surface area contributed by atoms with E-state index in [1.54, 1.807) is 53.9 Å². The number of amides is 3. The van der Waals surface area contributed by atoms with Gasteiger partial charge in [0, 0.05) is 27.2 Å². The molecule has 3 aromatic rings. The van der Waals surface area contributed by atoms with Gasteiger partial charge >= 0.3 is 6.03 Å². The van der Waals surface area contributed by atoms with Gasteiger partial charge in [-0.05, 0) is 55.3 Å². The van der Waals surface area contributed by atoms with E-state index in [1.165, 1.54) is 11.3 Å². The van der Waals surface area contributed by atoms with Gasteiger partial charge in [-0.15, -0.1) is 11.3 Å². The Bertz CT molecular complexity index is 1140. The molecule has 3 amide bonds. The van der Waals surface area contributed by atoms with E-state index in [2.05, 4.69) is 20.9 Å². The monoisotopic (exact) mass is 518 g/mol. The molecule has 2 aromatic carbocycles. The fourth-order valence-corrected chi connectivity index (χ4v) is 4.78. The number of urea groups is 1. The second-order valence-electron chi connectivity index (χ2n) is 7.95. The van der Waals surface area contributed by atoms with Crippen LogP contribution >= 0.6 is 34.5 Å². The van der Waals surface area contributed by atoms with E-state index in [4.69, 9.17) is 27.9 Å². The molecule has 1 saturated carbocycles. The molecule has 10 heteroatoms. The van der Waals surface area contributed by atoms with Crippen molar-refractivity contribution in [2.75, 3.05) is 5.32 Å². The molecule has 3 N–H and O–H groups in total. The third-order valence-corrected chi connectivity index (χ3v) is 6.75. The summed E-state index contributed by atoms with van der Waals surface area (Å²) in [5, 5.41) is 12.4. The average Bonchev–Trinajstić information content (AvgIpc) is 3.29. The Morgan fingerprint density at radius 3 is 2.47 bits per heavy atom. The molecule has 1 aliphatic rings. The van der Waals surface area contributed by atoms with Gasteiger partial charge in [0.25, 0.3) is 5.91 Å². The van der Waals surface area contributed by atoms with Gasteiger partial charge in [0.1, 0.15) is 23.1 Å². The summed E-state index contributed by atoms with van der Waals surface area (Å²) < 4.78 is 5.70. The van der Waals surface area contributed by atoms with Crippen molar-refractivity contribution in [2.45, 2.75) is 44.4 Å². The van der Waals surface area contributed by atoms with Gasteiger partial charge < -0.3 is 20.7 Å². The summed E-state index contributed by atoms with van der Waals surface area (Å²) in [5.74, 6) is 0.417. The van der Waals surface area contributed by atoms with Crippen LogP contribution in [-0.2, 0) is 6.61 Å². The fraction of sp³-hybridized carbons (Fsp3) is 0.292. The Kier molecular flexibility index (Phi) is 8.26. The maximum Gasteiger partial charge on any atom is 0.319 e. The first-order valence-corrected chi connectivity index (χ1v) is 12.6. The van der Waals surface area contributed by atoms with Crippen molar-refractivity contribution in [2.24, 2.45) is 0 Å². The number of nitrogens with one attached hydrogen (secondary N) is 3. The predicted molar refractivity (Wildman–Crippen MR) is 135 cm³/mol. The van der Waals surface area contributed by atoms with E-state index in [9.17, 15) is 9.59 Å². The second-order valence-corrected chi connectivity index (χ2v) is 9.76. The van der Waals surface area contributed by atoms with Crippen molar-refractivity contribution in [3.8, 4) is 5.75 Å². The number of thiazole rings is 1. The zero-order chi connectivity index (χ0) is 23.9. The van der Waals surface area contributed by atoms with Crippen LogP contribution in [0.5, 0.6) is 5.75 Å². The lowest BCUT2D eigenvalue weighted by molar-refractivity contribution is 0.0911. The van der Waals surface area contributed by atoms with E-state index >= 15 is 0 Å². The first kappa shape index (κ1) is 24.3. The molecule has 2 atom stereocenters. The quantitative estimate of drug-likeness (QED) is 0.363. The summed E-state index contributed by atoms with van der Waals surface area (Å²) in [6.45, 7) is 0.261. The number of hydrogen-bond donors (Lipinski definition) is 3. The molecule has 0 saturated heterocycles. The number of carbonyl (C=O) groups is 2. The predicted octanol–water partition coefficient (Wildman–Crippen LogP) is 5.89. The Balaban J connectivity index is 1.31. The number of hydrogen-bond acceptors (Lipinski definition) is 5. The first-order valence-electron chi connectivity index (χ1n) is 10.9. The molecule has 1 aliphatic carbocycles. The fourth-order valence-electron chi connectivity index (χ4n) is 3.78. The summed E-state index contributed by atoms with van der Waals surface area (Å²) in [4.78, 5) is 29.7. The van der Waals surface area contributed by atoms with E-state index in [0.717, 1.165) is 25.7 Å². The van der Waals surface area contributed by atoms with Crippen LogP contribution in [0, 0.1) is 0 Å². The van der Waals surface area contributed by atoms with Crippen molar-refractivity contribution in [1.82, 2.24) is 15.6 Å². The van der Waals surface area contributed by atoms with Crippen LogP contribution in [-0.4, -0.2) is 29.0 Å². The van der Waals surface area contributed by atoms with Crippen LogP contribution < -0.4 is 20.7 Å². The van der Waals surface area contributed by atoms with E-state index in [-0.39, 0.29) is 30.6 Å². The lowest BCUT2D eigenvalue weighted by Crippen LogP contribution is -2.54. The Hall–Kier alpha value is -2.81. The van der Waals surface area contributed by atoms with Crippen LogP contribution in [0.15, 0.2) is 53.9 Å². The van der Waals surface area contributed by atoms with Crippen LogP contribution in [0.25, 0.3) is 0 Å². The first-order chi connectivity index (χ1) is 16.5. The number of benzene rings is 2. The highest BCUT2D eigenvalue weighted by atomic mass is 35.5. The van der Waals surface area contributed by atoms with Crippen molar-refractivity contribution >= 4 is 52.2 Å². The highest BCUT2D eigenvalue weighted by Crippen LogP contribution is 2.21. The number of aromatic nitrogens is 1. The van der Waals surface area contributed by atoms with Crippen molar-refractivity contribution in [3.63, 3.8) is 0 Å². The smallest absolute Gasteiger partial charge is 0.319 e. The van der Waals surface area contributed by atoms with E-state index < -0.39 is 0 Å². The van der Waals surface area contributed by atoms with Crippen molar-refractivity contribution < 1.29 is 14.3 Å². The van der Waals surface area contributed by atoms with E-state index in [1.807, 2.05) is 0 Å². The molecule has 0 bridgehead atoms. The molecule has 0 radical (unpaired) electrons. The van der Waals surface area contributed by atoms with E-state index in [0.29, 0.717) is 32.2 Å². The second kappa shape index (κ2) is 11.6. The molecule has 1 fully saturated rings. The average molecular weight is 519 g/mol. The van der Waals surface area contributed by atoms with Crippen molar-refractivity contribution in [1.29, 1.82) is 0 Å². The molecular weight excluding hydrogens is 495 g/mol. The number of rotatable bonds is 7. The van der Waals surface area contributed by atoms with Gasteiger partial charge in [0.2, 0.25) is 0 Å². The summed E-state index contributed by atoms with van der Waals surface area (Å²) in [6, 6.07) is 13.3. The molecule has 34 heavy (non-hydrogen) atoms. The topological polar surface area (TPSA) is 92.4 Å². The number of ether oxygens (including phenoxy) is 1. The number of anilines is 1. The Morgan fingerprint density at radius 2 is 1.74 bits per heavy atom. The highest BCUT2D eigenvalue weighted by Gasteiger charge is 2.28. The van der Waals surface area contributed by atoms with Crippen LogP contribution in [0.1, 0.15) is 41.2 Å². The molecular formula is C24H24Cl2N4O3S. The molecule has 1 aromatic heterocycles. The number of nitrogens with zero attached hydrogens (tertiary/aromatic N) is 1. The Labute approximate surface area is 211 Å². The number of halogens is 2. The maximum absolute atomic E-state index is 12.8. The zero-order valence-electron chi connectivity index (χ0n) is 18.2. The van der Waals surface area contributed by atoms with Gasteiger partial charge in [0.05, 0.1) is 6.04 Å². The minimum atomic E-state index is -0.330. The summed E-state index contributed by atoms with van der Waals surface area (Å²) in [6.07, 6.45) is 3.53. The zero-order valence-corrected chi connectivity index (χ0v) is 20.6. The standard InChI is InChI=1S/C24H24Cl2N4O3S/c25-15-8-10-18(11-9-15)33-13-22-28-21(14-34-22)23(31)29-19-6-1-2-7-20(19)30-24(32)27-17-5-3-4-16(26)12-17/h3-5,8-12,14,19-20H,1-2,6-7,13H2,(H,29,31)(H2,27,30,32)/t19-,20-/m0/s1. The minimum absolute atomic E-state index is 0.178. The van der Waals surface area contributed by atoms with Crippen LogP contribution in [0.3, 0.4) is 0 Å². The van der Waals surface area contributed by atoms with Crippen molar-refractivity contribution in [3.05, 3.63) is 74.7 Å². The third kappa shape index (κ3) is 6.85. The van der Waals surface area contributed by atoms with Crippen LogP contribution in [0.4, 0.5) is 10.5 Å². The summed E-state index contributed by atoms with van der Waals surface area (Å²) in [7, 11) is 0.